The van der Waals surface area contributed by atoms with Crippen LogP contribution in [0.2, 0.25) is 0 Å². The summed E-state index contributed by atoms with van der Waals surface area (Å²) in [6.07, 6.45) is 1.48. The molecule has 0 aliphatic heterocycles. The van der Waals surface area contributed by atoms with Gasteiger partial charge in [0.2, 0.25) is 0 Å². The molecular weight excluding hydrogens is 530 g/mol. The van der Waals surface area contributed by atoms with E-state index in [-0.39, 0.29) is 12.0 Å². The highest BCUT2D eigenvalue weighted by molar-refractivity contribution is 9.10. The van der Waals surface area contributed by atoms with Crippen molar-refractivity contribution in [1.82, 2.24) is 10.7 Å². The first-order valence-corrected chi connectivity index (χ1v) is 11.3. The first-order chi connectivity index (χ1) is 14.7. The second-order valence-electron chi connectivity index (χ2n) is 6.84. The lowest BCUT2D eigenvalue weighted by molar-refractivity contribution is -0.122. The third-order valence-electron chi connectivity index (χ3n) is 3.93. The van der Waals surface area contributed by atoms with Crippen LogP contribution in [0.25, 0.3) is 0 Å². The number of benzene rings is 2. The van der Waals surface area contributed by atoms with E-state index in [9.17, 15) is 9.59 Å². The van der Waals surface area contributed by atoms with Crippen LogP contribution >= 0.6 is 31.9 Å². The number of carbonyl (C=O) groups excluding carboxylic acids is 2. The van der Waals surface area contributed by atoms with Crippen LogP contribution in [0.15, 0.2) is 50.4 Å². The monoisotopic (exact) mass is 553 g/mol. The number of carbonyl (C=O) groups is 2. The molecule has 7 nitrogen and oxygen atoms in total. The first-order valence-electron chi connectivity index (χ1n) is 9.74. The van der Waals surface area contributed by atoms with Crippen LogP contribution in [-0.2, 0) is 4.79 Å². The summed E-state index contributed by atoms with van der Waals surface area (Å²) < 4.78 is 12.8. The maximum Gasteiger partial charge on any atom is 0.262 e. The fourth-order valence-electron chi connectivity index (χ4n) is 2.53. The quantitative estimate of drug-likeness (QED) is 0.348. The van der Waals surface area contributed by atoms with E-state index >= 15 is 0 Å². The first kappa shape index (κ1) is 24.9. The Morgan fingerprint density at radius 1 is 1.13 bits per heavy atom. The highest BCUT2D eigenvalue weighted by Crippen LogP contribution is 2.37. The van der Waals surface area contributed by atoms with Crippen molar-refractivity contribution in [2.45, 2.75) is 39.8 Å². The molecule has 2 rings (SSSR count). The summed E-state index contributed by atoms with van der Waals surface area (Å²) in [6, 6.07) is 9.81. The summed E-state index contributed by atoms with van der Waals surface area (Å²) in [5.41, 5.74) is 3.59. The predicted octanol–water partition coefficient (Wildman–Crippen LogP) is 4.67. The molecule has 166 valence electrons. The van der Waals surface area contributed by atoms with E-state index < -0.39 is 11.9 Å². The molecule has 0 saturated heterocycles. The van der Waals surface area contributed by atoms with Gasteiger partial charge in [-0.05, 0) is 89.4 Å². The Balaban J connectivity index is 2.03. The van der Waals surface area contributed by atoms with Crippen LogP contribution in [0.5, 0.6) is 11.5 Å². The number of amides is 2. The highest BCUT2D eigenvalue weighted by atomic mass is 79.9. The van der Waals surface area contributed by atoms with Crippen LogP contribution in [0.1, 0.15) is 43.6 Å². The molecule has 31 heavy (non-hydrogen) atoms. The Hall–Kier alpha value is -2.39. The lowest BCUT2D eigenvalue weighted by Crippen LogP contribution is -2.43. The lowest BCUT2D eigenvalue weighted by Gasteiger charge is -2.16. The Kier molecular flexibility index (Phi) is 9.51. The van der Waals surface area contributed by atoms with Gasteiger partial charge in [0.1, 0.15) is 6.04 Å². The normalized spacial score (nSPS) is 12.0. The van der Waals surface area contributed by atoms with Crippen LogP contribution in [-0.4, -0.2) is 36.8 Å². The fraction of sp³-hybridized carbons (Fsp3) is 0.318. The summed E-state index contributed by atoms with van der Waals surface area (Å²) in [5.74, 6) is 0.388. The van der Waals surface area contributed by atoms with E-state index in [0.29, 0.717) is 38.2 Å². The van der Waals surface area contributed by atoms with Crippen molar-refractivity contribution in [2.24, 2.45) is 5.10 Å². The minimum Gasteiger partial charge on any atom is -0.490 e. The molecule has 0 spiro atoms. The Labute approximate surface area is 198 Å². The lowest BCUT2D eigenvalue weighted by atomic mass is 10.2. The van der Waals surface area contributed by atoms with Gasteiger partial charge in [0, 0.05) is 4.47 Å². The molecule has 1 atom stereocenters. The van der Waals surface area contributed by atoms with Crippen molar-refractivity contribution < 1.29 is 19.1 Å². The van der Waals surface area contributed by atoms with Crippen molar-refractivity contribution in [2.75, 3.05) is 6.61 Å². The van der Waals surface area contributed by atoms with Gasteiger partial charge in [-0.15, -0.1) is 0 Å². The molecule has 2 aromatic rings. The van der Waals surface area contributed by atoms with Gasteiger partial charge < -0.3 is 14.8 Å². The van der Waals surface area contributed by atoms with E-state index in [2.05, 4.69) is 47.7 Å². The average molecular weight is 555 g/mol. The molecule has 2 aromatic carbocycles. The average Bonchev–Trinajstić information content (AvgIpc) is 2.70. The SMILES string of the molecule is CCOc1cc(C=NNC(=O)C(C)NC(=O)c2ccccc2Br)cc(Br)c1OC(C)C. The Morgan fingerprint density at radius 3 is 2.48 bits per heavy atom. The Morgan fingerprint density at radius 2 is 1.84 bits per heavy atom. The summed E-state index contributed by atoms with van der Waals surface area (Å²) in [7, 11) is 0. The molecule has 0 aliphatic carbocycles. The Bertz CT molecular complexity index is 964. The van der Waals surface area contributed by atoms with Crippen molar-refractivity contribution in [3.05, 3.63) is 56.5 Å². The van der Waals surface area contributed by atoms with Crippen LogP contribution in [0.3, 0.4) is 0 Å². The maximum atomic E-state index is 12.3. The molecule has 9 heteroatoms. The zero-order valence-electron chi connectivity index (χ0n) is 17.7. The molecule has 0 aromatic heterocycles. The molecule has 0 radical (unpaired) electrons. The summed E-state index contributed by atoms with van der Waals surface area (Å²) in [5, 5.41) is 6.64. The number of ether oxygens (including phenoxy) is 2. The maximum absolute atomic E-state index is 12.3. The van der Waals surface area contributed by atoms with Gasteiger partial charge in [0.25, 0.3) is 11.8 Å². The van der Waals surface area contributed by atoms with Crippen LogP contribution in [0.4, 0.5) is 0 Å². The van der Waals surface area contributed by atoms with E-state index in [1.165, 1.54) is 6.21 Å². The number of nitrogens with one attached hydrogen (secondary N) is 2. The molecule has 0 heterocycles. The predicted molar refractivity (Wildman–Crippen MR) is 128 cm³/mol. The standard InChI is InChI=1S/C22H25Br2N3O4/c1-5-30-19-11-15(10-18(24)20(19)31-13(2)3)12-25-27-21(28)14(4)26-22(29)16-8-6-7-9-17(16)23/h6-14H,5H2,1-4H3,(H,26,29)(H,27,28). The number of hydrogen-bond donors (Lipinski definition) is 2. The number of halogens is 2. The summed E-state index contributed by atoms with van der Waals surface area (Å²) in [6.45, 7) is 7.82. The molecule has 2 amide bonds. The summed E-state index contributed by atoms with van der Waals surface area (Å²) >= 11 is 6.81. The van der Waals surface area contributed by atoms with E-state index in [1.54, 1.807) is 31.2 Å². The fourth-order valence-corrected chi connectivity index (χ4v) is 3.55. The zero-order chi connectivity index (χ0) is 23.0. The molecule has 1 unspecified atom stereocenters. The molecule has 2 N–H and O–H groups in total. The number of hydrazone groups is 1. The van der Waals surface area contributed by atoms with Crippen molar-refractivity contribution >= 4 is 49.9 Å². The second-order valence-corrected chi connectivity index (χ2v) is 8.55. The number of hydrogen-bond acceptors (Lipinski definition) is 5. The van der Waals surface area contributed by atoms with E-state index in [0.717, 1.165) is 0 Å². The third kappa shape index (κ3) is 7.36. The van der Waals surface area contributed by atoms with Gasteiger partial charge >= 0.3 is 0 Å². The zero-order valence-corrected chi connectivity index (χ0v) is 20.9. The van der Waals surface area contributed by atoms with Crippen molar-refractivity contribution in [1.29, 1.82) is 0 Å². The smallest absolute Gasteiger partial charge is 0.262 e. The minimum atomic E-state index is -0.774. The number of rotatable bonds is 9. The third-order valence-corrected chi connectivity index (χ3v) is 5.21. The van der Waals surface area contributed by atoms with E-state index in [4.69, 9.17) is 9.47 Å². The van der Waals surface area contributed by atoms with Crippen LogP contribution < -0.4 is 20.2 Å². The molecule has 0 bridgehead atoms. The van der Waals surface area contributed by atoms with Gasteiger partial charge in [0.15, 0.2) is 11.5 Å². The molecular formula is C22H25Br2N3O4. The van der Waals surface area contributed by atoms with E-state index in [1.807, 2.05) is 32.9 Å². The van der Waals surface area contributed by atoms with Gasteiger partial charge in [0.05, 0.1) is 29.0 Å². The van der Waals surface area contributed by atoms with Gasteiger partial charge in [-0.3, -0.25) is 9.59 Å². The molecule has 0 fully saturated rings. The largest absolute Gasteiger partial charge is 0.490 e. The molecule has 0 aliphatic rings. The van der Waals surface area contributed by atoms with Gasteiger partial charge in [-0.25, -0.2) is 5.43 Å². The van der Waals surface area contributed by atoms with Crippen molar-refractivity contribution in [3.63, 3.8) is 0 Å². The van der Waals surface area contributed by atoms with Crippen LogP contribution in [0, 0.1) is 0 Å². The van der Waals surface area contributed by atoms with Crippen molar-refractivity contribution in [3.8, 4) is 11.5 Å². The second kappa shape index (κ2) is 11.9. The number of nitrogens with zero attached hydrogens (tertiary/aromatic N) is 1. The van der Waals surface area contributed by atoms with Gasteiger partial charge in [-0.1, -0.05) is 12.1 Å². The van der Waals surface area contributed by atoms with Gasteiger partial charge in [-0.2, -0.15) is 5.10 Å². The minimum absolute atomic E-state index is 0.0116. The highest BCUT2D eigenvalue weighted by Gasteiger charge is 2.18. The summed E-state index contributed by atoms with van der Waals surface area (Å²) in [4.78, 5) is 24.6. The topological polar surface area (TPSA) is 89.0 Å². The molecule has 0 saturated carbocycles.